The zero-order chi connectivity index (χ0) is 15.8. The van der Waals surface area contributed by atoms with E-state index in [2.05, 4.69) is 0 Å². The van der Waals surface area contributed by atoms with E-state index >= 15 is 0 Å². The molecule has 2 rings (SSSR count). The molecule has 1 heterocycles. The van der Waals surface area contributed by atoms with Gasteiger partial charge in [0, 0.05) is 6.54 Å². The molecule has 0 aromatic heterocycles. The van der Waals surface area contributed by atoms with E-state index in [0.29, 0.717) is 13.0 Å². The van der Waals surface area contributed by atoms with Crippen molar-refractivity contribution in [2.24, 2.45) is 5.73 Å². The number of carbonyl (C=O) groups excluding carboxylic acids is 2. The molecule has 1 aromatic carbocycles. The quantitative estimate of drug-likeness (QED) is 0.805. The highest BCUT2D eigenvalue weighted by molar-refractivity contribution is 6.36. The van der Waals surface area contributed by atoms with Crippen LogP contribution in [0.4, 0.5) is 4.39 Å². The summed E-state index contributed by atoms with van der Waals surface area (Å²) in [5.41, 5.74) is 3.30. The highest BCUT2D eigenvalue weighted by Gasteiger charge is 2.40. The third-order valence-corrected chi connectivity index (χ3v) is 4.06. The van der Waals surface area contributed by atoms with Crippen molar-refractivity contribution in [1.29, 1.82) is 0 Å². The van der Waals surface area contributed by atoms with Gasteiger partial charge in [-0.1, -0.05) is 23.2 Å². The van der Waals surface area contributed by atoms with E-state index in [9.17, 15) is 19.1 Å². The molecule has 0 spiro atoms. The van der Waals surface area contributed by atoms with E-state index in [0.717, 1.165) is 12.1 Å². The highest BCUT2D eigenvalue weighted by atomic mass is 35.5. The van der Waals surface area contributed by atoms with Crippen molar-refractivity contribution in [3.63, 3.8) is 0 Å². The van der Waals surface area contributed by atoms with Crippen LogP contribution in [0.1, 0.15) is 23.2 Å². The number of likely N-dealkylation sites (tertiary alicyclic amines) is 1. The molecule has 1 fully saturated rings. The number of benzene rings is 1. The van der Waals surface area contributed by atoms with Crippen LogP contribution in [0.25, 0.3) is 0 Å². The molecular formula is C13H13Cl2FN2O3. The summed E-state index contributed by atoms with van der Waals surface area (Å²) in [4.78, 5) is 24.9. The van der Waals surface area contributed by atoms with Crippen LogP contribution in [0.2, 0.25) is 10.0 Å². The van der Waals surface area contributed by atoms with Gasteiger partial charge in [0.15, 0.2) is 5.60 Å². The summed E-state index contributed by atoms with van der Waals surface area (Å²) in [6.07, 6.45) is 0.577. The standard InChI is InChI=1S/C13H13Cl2FN2O3/c14-8-5-9(15)10(16)4-7(8)11(19)18-3-1-2-13(21,6-18)12(17)20/h4-5,21H,1-3,6H2,(H2,17,20)/t13-/m1/s1. The molecule has 1 atom stereocenters. The lowest BCUT2D eigenvalue weighted by Crippen LogP contribution is -2.57. The lowest BCUT2D eigenvalue weighted by Gasteiger charge is -2.37. The zero-order valence-corrected chi connectivity index (χ0v) is 12.4. The van der Waals surface area contributed by atoms with Crippen molar-refractivity contribution in [1.82, 2.24) is 4.90 Å². The Labute approximate surface area is 130 Å². The van der Waals surface area contributed by atoms with Crippen LogP contribution < -0.4 is 5.73 Å². The fraction of sp³-hybridized carbons (Fsp3) is 0.385. The minimum Gasteiger partial charge on any atom is -0.378 e. The minimum absolute atomic E-state index is 0.000381. The maximum absolute atomic E-state index is 13.5. The van der Waals surface area contributed by atoms with Crippen molar-refractivity contribution in [2.75, 3.05) is 13.1 Å². The first-order valence-corrected chi connectivity index (χ1v) is 6.96. The first kappa shape index (κ1) is 16.0. The molecule has 1 saturated heterocycles. The Hall–Kier alpha value is -1.37. The molecule has 114 valence electrons. The Morgan fingerprint density at radius 1 is 1.33 bits per heavy atom. The largest absolute Gasteiger partial charge is 0.378 e. The van der Waals surface area contributed by atoms with Crippen LogP contribution in [0.5, 0.6) is 0 Å². The number of carbonyl (C=O) groups is 2. The lowest BCUT2D eigenvalue weighted by atomic mass is 9.92. The number of nitrogens with zero attached hydrogens (tertiary/aromatic N) is 1. The number of nitrogens with two attached hydrogens (primary N) is 1. The van der Waals surface area contributed by atoms with Gasteiger partial charge in [-0.15, -0.1) is 0 Å². The van der Waals surface area contributed by atoms with Gasteiger partial charge in [0.05, 0.1) is 22.2 Å². The van der Waals surface area contributed by atoms with Gasteiger partial charge >= 0.3 is 0 Å². The third-order valence-electron chi connectivity index (χ3n) is 3.46. The Balaban J connectivity index is 2.28. The van der Waals surface area contributed by atoms with E-state index < -0.39 is 23.2 Å². The van der Waals surface area contributed by atoms with Gasteiger partial charge in [-0.3, -0.25) is 9.59 Å². The molecule has 1 aromatic rings. The van der Waals surface area contributed by atoms with Gasteiger partial charge in [-0.05, 0) is 25.0 Å². The van der Waals surface area contributed by atoms with Gasteiger partial charge in [0.1, 0.15) is 5.82 Å². The predicted molar refractivity (Wildman–Crippen MR) is 75.7 cm³/mol. The number of hydrogen-bond acceptors (Lipinski definition) is 3. The molecule has 1 aliphatic heterocycles. The van der Waals surface area contributed by atoms with Crippen molar-refractivity contribution in [2.45, 2.75) is 18.4 Å². The van der Waals surface area contributed by atoms with Gasteiger partial charge in [-0.2, -0.15) is 0 Å². The summed E-state index contributed by atoms with van der Waals surface area (Å²) < 4.78 is 13.5. The van der Waals surface area contributed by atoms with Gasteiger partial charge in [0.2, 0.25) is 0 Å². The second-order valence-corrected chi connectivity index (χ2v) is 5.79. The number of hydrogen-bond donors (Lipinski definition) is 2. The summed E-state index contributed by atoms with van der Waals surface area (Å²) in [6.45, 7) is 0.0662. The Kier molecular flexibility index (Phi) is 4.41. The zero-order valence-electron chi connectivity index (χ0n) is 10.9. The summed E-state index contributed by atoms with van der Waals surface area (Å²) in [7, 11) is 0. The monoisotopic (exact) mass is 334 g/mol. The molecule has 8 heteroatoms. The molecule has 3 N–H and O–H groups in total. The van der Waals surface area contributed by atoms with E-state index in [1.807, 2.05) is 0 Å². The molecule has 1 aliphatic rings. The van der Waals surface area contributed by atoms with Crippen LogP contribution in [0.3, 0.4) is 0 Å². The molecule has 0 radical (unpaired) electrons. The maximum atomic E-state index is 13.5. The molecule has 0 unspecified atom stereocenters. The summed E-state index contributed by atoms with van der Waals surface area (Å²) >= 11 is 11.5. The Morgan fingerprint density at radius 3 is 2.62 bits per heavy atom. The van der Waals surface area contributed by atoms with Crippen molar-refractivity contribution >= 4 is 35.0 Å². The number of β-amino-alcohol motifs (C(OH)–C–C–N with tert-alkyl or cyclic N) is 1. The van der Waals surface area contributed by atoms with E-state index in [4.69, 9.17) is 28.9 Å². The predicted octanol–water partition coefficient (Wildman–Crippen LogP) is 1.58. The van der Waals surface area contributed by atoms with Gasteiger partial charge in [0.25, 0.3) is 11.8 Å². The smallest absolute Gasteiger partial charge is 0.255 e. The van der Waals surface area contributed by atoms with Crippen LogP contribution in [0.15, 0.2) is 12.1 Å². The van der Waals surface area contributed by atoms with Crippen LogP contribution >= 0.6 is 23.2 Å². The molecule has 0 saturated carbocycles. The Morgan fingerprint density at radius 2 is 2.00 bits per heavy atom. The Bertz CT molecular complexity index is 611. The van der Waals surface area contributed by atoms with E-state index in [1.54, 1.807) is 0 Å². The lowest BCUT2D eigenvalue weighted by molar-refractivity contribution is -0.140. The summed E-state index contributed by atoms with van der Waals surface area (Å²) in [5.74, 6) is -2.25. The number of piperidine rings is 1. The van der Waals surface area contributed by atoms with Crippen LogP contribution in [-0.4, -0.2) is 40.5 Å². The number of aliphatic hydroxyl groups is 1. The molecule has 2 amide bonds. The normalized spacial score (nSPS) is 22.2. The van der Waals surface area contributed by atoms with Gasteiger partial charge in [-0.25, -0.2) is 4.39 Å². The van der Waals surface area contributed by atoms with Gasteiger partial charge < -0.3 is 15.7 Å². The molecular weight excluding hydrogens is 322 g/mol. The fourth-order valence-electron chi connectivity index (χ4n) is 2.27. The topological polar surface area (TPSA) is 83.6 Å². The van der Waals surface area contributed by atoms with E-state index in [-0.39, 0.29) is 28.6 Å². The summed E-state index contributed by atoms with van der Waals surface area (Å²) in [5, 5.41) is 9.89. The van der Waals surface area contributed by atoms with Crippen LogP contribution in [0, 0.1) is 5.82 Å². The van der Waals surface area contributed by atoms with Crippen molar-refractivity contribution in [3.8, 4) is 0 Å². The fourth-order valence-corrected chi connectivity index (χ4v) is 2.73. The first-order chi connectivity index (χ1) is 9.74. The molecule has 21 heavy (non-hydrogen) atoms. The first-order valence-electron chi connectivity index (χ1n) is 6.21. The second kappa shape index (κ2) is 5.79. The average Bonchev–Trinajstić information content (AvgIpc) is 2.42. The minimum atomic E-state index is -1.77. The van der Waals surface area contributed by atoms with Crippen molar-refractivity contribution in [3.05, 3.63) is 33.6 Å². The van der Waals surface area contributed by atoms with E-state index in [1.165, 1.54) is 4.90 Å². The average molecular weight is 335 g/mol. The highest BCUT2D eigenvalue weighted by Crippen LogP contribution is 2.28. The molecule has 0 bridgehead atoms. The maximum Gasteiger partial charge on any atom is 0.255 e. The van der Waals surface area contributed by atoms with Crippen molar-refractivity contribution < 1.29 is 19.1 Å². The number of primary amides is 1. The van der Waals surface area contributed by atoms with Crippen LogP contribution in [-0.2, 0) is 4.79 Å². The number of rotatable bonds is 2. The number of amides is 2. The second-order valence-electron chi connectivity index (χ2n) is 4.97. The molecule has 0 aliphatic carbocycles. The molecule has 5 nitrogen and oxygen atoms in total. The number of halogens is 3. The summed E-state index contributed by atoms with van der Waals surface area (Å²) in [6, 6.07) is 2.07. The third kappa shape index (κ3) is 3.12. The SMILES string of the molecule is NC(=O)[C@@]1(O)CCCN(C(=O)c2cc(F)c(Cl)cc2Cl)C1.